The molecule has 0 saturated carbocycles. The van der Waals surface area contributed by atoms with Gasteiger partial charge >= 0.3 is 0 Å². The highest BCUT2D eigenvalue weighted by molar-refractivity contribution is 9.10. The maximum Gasteiger partial charge on any atom is 0.172 e. The van der Waals surface area contributed by atoms with E-state index in [1.807, 2.05) is 19.2 Å². The van der Waals surface area contributed by atoms with Gasteiger partial charge in [-0.1, -0.05) is 11.6 Å². The molecule has 14 heavy (non-hydrogen) atoms. The largest absolute Gasteiger partial charge is 0.223 e. The van der Waals surface area contributed by atoms with Crippen LogP contribution in [0, 0.1) is 6.92 Å². The van der Waals surface area contributed by atoms with E-state index in [1.165, 1.54) is 6.33 Å². The summed E-state index contributed by atoms with van der Waals surface area (Å²) in [6.45, 7) is 1.91. The summed E-state index contributed by atoms with van der Waals surface area (Å²) >= 11 is 9.14. The number of rotatable bonds is 1. The predicted molar refractivity (Wildman–Crippen MR) is 56.6 cm³/mol. The maximum atomic E-state index is 5.83. The van der Waals surface area contributed by atoms with E-state index in [4.69, 9.17) is 11.6 Å². The Morgan fingerprint density at radius 3 is 2.86 bits per heavy atom. The van der Waals surface area contributed by atoms with Crippen molar-refractivity contribution in [2.75, 3.05) is 0 Å². The van der Waals surface area contributed by atoms with E-state index in [-0.39, 0.29) is 0 Å². The quantitative estimate of drug-likeness (QED) is 0.749. The molecule has 0 spiro atoms. The van der Waals surface area contributed by atoms with Gasteiger partial charge in [0, 0.05) is 6.20 Å². The van der Waals surface area contributed by atoms with E-state index in [2.05, 4.69) is 31.0 Å². The van der Waals surface area contributed by atoms with Gasteiger partial charge in [0.1, 0.15) is 11.5 Å². The molecule has 2 rings (SSSR count). The third kappa shape index (κ3) is 1.65. The summed E-state index contributed by atoms with van der Waals surface area (Å²) in [6.07, 6.45) is 3.22. The first-order chi connectivity index (χ1) is 6.68. The lowest BCUT2D eigenvalue weighted by Gasteiger charge is -2.02. The summed E-state index contributed by atoms with van der Waals surface area (Å²) in [5.74, 6) is 0.637. The van der Waals surface area contributed by atoms with Gasteiger partial charge in [0.15, 0.2) is 5.82 Å². The van der Waals surface area contributed by atoms with E-state index in [9.17, 15) is 0 Å². The maximum absolute atomic E-state index is 5.83. The molecule has 0 amide bonds. The van der Waals surface area contributed by atoms with E-state index in [0.717, 1.165) is 5.69 Å². The fourth-order valence-electron chi connectivity index (χ4n) is 1.03. The van der Waals surface area contributed by atoms with Gasteiger partial charge in [-0.3, -0.25) is 0 Å². The molecular weight excluding hydrogens is 267 g/mol. The zero-order chi connectivity index (χ0) is 10.1. The minimum atomic E-state index is 0.378. The standard InChI is InChI=1S/C8H6BrClN4/c1-5-2-3-14(13-5)8-6(9)7(10)11-4-12-8/h2-4H,1H3. The minimum Gasteiger partial charge on any atom is -0.223 e. The number of halogens is 2. The molecule has 4 nitrogen and oxygen atoms in total. The second-order valence-electron chi connectivity index (χ2n) is 2.70. The highest BCUT2D eigenvalue weighted by Gasteiger charge is 2.08. The summed E-state index contributed by atoms with van der Waals surface area (Å²) < 4.78 is 2.29. The van der Waals surface area contributed by atoms with Crippen molar-refractivity contribution < 1.29 is 0 Å². The van der Waals surface area contributed by atoms with Crippen LogP contribution in [0.1, 0.15) is 5.69 Å². The molecule has 0 aliphatic heterocycles. The summed E-state index contributed by atoms with van der Waals surface area (Å²) in [5, 5.41) is 4.60. The Morgan fingerprint density at radius 2 is 2.21 bits per heavy atom. The average molecular weight is 274 g/mol. The van der Waals surface area contributed by atoms with Crippen molar-refractivity contribution >= 4 is 27.5 Å². The molecule has 0 unspecified atom stereocenters. The molecule has 6 heteroatoms. The van der Waals surface area contributed by atoms with Gasteiger partial charge < -0.3 is 0 Å². The first-order valence-corrected chi connectivity index (χ1v) is 5.04. The van der Waals surface area contributed by atoms with Crippen LogP contribution in [0.4, 0.5) is 0 Å². The van der Waals surface area contributed by atoms with Crippen molar-refractivity contribution in [2.24, 2.45) is 0 Å². The normalized spacial score (nSPS) is 10.5. The summed E-state index contributed by atoms with van der Waals surface area (Å²) in [5.41, 5.74) is 0.923. The lowest BCUT2D eigenvalue weighted by molar-refractivity contribution is 0.820. The first kappa shape index (κ1) is 9.61. The fourth-order valence-corrected chi connectivity index (χ4v) is 1.55. The Hall–Kier alpha value is -0.940. The number of aryl methyl sites for hydroxylation is 1. The Kier molecular flexibility index (Phi) is 2.52. The zero-order valence-electron chi connectivity index (χ0n) is 7.28. The number of hydrogen-bond acceptors (Lipinski definition) is 3. The van der Waals surface area contributed by atoms with Crippen molar-refractivity contribution in [2.45, 2.75) is 6.92 Å². The van der Waals surface area contributed by atoms with Gasteiger partial charge in [-0.15, -0.1) is 0 Å². The highest BCUT2D eigenvalue weighted by atomic mass is 79.9. The Bertz CT molecular complexity index is 468. The Morgan fingerprint density at radius 1 is 1.43 bits per heavy atom. The van der Waals surface area contributed by atoms with Crippen LogP contribution in [-0.2, 0) is 0 Å². The molecular formula is C8H6BrClN4. The van der Waals surface area contributed by atoms with Gasteiger partial charge in [0.25, 0.3) is 0 Å². The van der Waals surface area contributed by atoms with Gasteiger partial charge in [-0.25, -0.2) is 14.6 Å². The van der Waals surface area contributed by atoms with Crippen molar-refractivity contribution in [3.63, 3.8) is 0 Å². The molecule has 0 bridgehead atoms. The van der Waals surface area contributed by atoms with Crippen LogP contribution >= 0.6 is 27.5 Å². The Labute approximate surface area is 94.1 Å². The Balaban J connectivity index is 2.57. The van der Waals surface area contributed by atoms with Crippen LogP contribution in [0.25, 0.3) is 5.82 Å². The molecule has 0 fully saturated rings. The highest BCUT2D eigenvalue weighted by Crippen LogP contribution is 2.24. The monoisotopic (exact) mass is 272 g/mol. The van der Waals surface area contributed by atoms with Crippen LogP contribution in [0.3, 0.4) is 0 Å². The van der Waals surface area contributed by atoms with E-state index in [1.54, 1.807) is 4.68 Å². The van der Waals surface area contributed by atoms with E-state index < -0.39 is 0 Å². The van der Waals surface area contributed by atoms with Crippen molar-refractivity contribution in [3.05, 3.63) is 33.9 Å². The first-order valence-electron chi connectivity index (χ1n) is 3.87. The average Bonchev–Trinajstić information content (AvgIpc) is 2.57. The van der Waals surface area contributed by atoms with Crippen LogP contribution in [0.15, 0.2) is 23.1 Å². The zero-order valence-corrected chi connectivity index (χ0v) is 9.62. The number of nitrogens with zero attached hydrogens (tertiary/aromatic N) is 4. The number of hydrogen-bond donors (Lipinski definition) is 0. The molecule has 2 aromatic rings. The minimum absolute atomic E-state index is 0.378. The molecule has 0 aromatic carbocycles. The third-order valence-electron chi connectivity index (χ3n) is 1.67. The molecule has 0 N–H and O–H groups in total. The SMILES string of the molecule is Cc1ccn(-c2ncnc(Cl)c2Br)n1. The molecule has 2 heterocycles. The van der Waals surface area contributed by atoms with Gasteiger partial charge in [-0.05, 0) is 28.9 Å². The van der Waals surface area contributed by atoms with E-state index in [0.29, 0.717) is 15.4 Å². The molecule has 0 radical (unpaired) electrons. The van der Waals surface area contributed by atoms with Crippen molar-refractivity contribution in [1.29, 1.82) is 0 Å². The summed E-state index contributed by atoms with van der Waals surface area (Å²) in [7, 11) is 0. The second kappa shape index (κ2) is 3.67. The lowest BCUT2D eigenvalue weighted by atomic mass is 10.5. The van der Waals surface area contributed by atoms with Crippen LogP contribution in [0.5, 0.6) is 0 Å². The van der Waals surface area contributed by atoms with Crippen molar-refractivity contribution in [1.82, 2.24) is 19.7 Å². The van der Waals surface area contributed by atoms with Gasteiger partial charge in [-0.2, -0.15) is 5.10 Å². The molecule has 72 valence electrons. The summed E-state index contributed by atoms with van der Waals surface area (Å²) in [4.78, 5) is 7.92. The molecule has 2 aromatic heterocycles. The van der Waals surface area contributed by atoms with Crippen LogP contribution < -0.4 is 0 Å². The van der Waals surface area contributed by atoms with Crippen LogP contribution in [-0.4, -0.2) is 19.7 Å². The predicted octanol–water partition coefficient (Wildman–Crippen LogP) is 2.39. The smallest absolute Gasteiger partial charge is 0.172 e. The summed E-state index contributed by atoms with van der Waals surface area (Å²) in [6, 6.07) is 1.89. The van der Waals surface area contributed by atoms with Gasteiger partial charge in [0.2, 0.25) is 0 Å². The van der Waals surface area contributed by atoms with E-state index >= 15 is 0 Å². The molecule has 0 atom stereocenters. The topological polar surface area (TPSA) is 43.6 Å². The van der Waals surface area contributed by atoms with Crippen LogP contribution in [0.2, 0.25) is 5.15 Å². The molecule has 0 aliphatic rings. The lowest BCUT2D eigenvalue weighted by Crippen LogP contribution is -2.00. The molecule has 0 aliphatic carbocycles. The fraction of sp³-hybridized carbons (Fsp3) is 0.125. The third-order valence-corrected chi connectivity index (χ3v) is 2.91. The second-order valence-corrected chi connectivity index (χ2v) is 3.85. The van der Waals surface area contributed by atoms with Crippen molar-refractivity contribution in [3.8, 4) is 5.82 Å². The number of aromatic nitrogens is 4. The molecule has 0 saturated heterocycles. The van der Waals surface area contributed by atoms with Gasteiger partial charge in [0.05, 0.1) is 10.2 Å².